The van der Waals surface area contributed by atoms with Crippen molar-refractivity contribution in [2.45, 2.75) is 46.1 Å². The van der Waals surface area contributed by atoms with Crippen LogP contribution in [0.3, 0.4) is 0 Å². The maximum atomic E-state index is 5.56. The van der Waals surface area contributed by atoms with E-state index in [1.807, 2.05) is 0 Å². The minimum absolute atomic E-state index is 0.417. The summed E-state index contributed by atoms with van der Waals surface area (Å²) in [5, 5.41) is 0. The molecule has 0 saturated carbocycles. The van der Waals surface area contributed by atoms with E-state index >= 15 is 0 Å². The number of nitrogens with zero attached hydrogens (tertiary/aromatic N) is 2. The van der Waals surface area contributed by atoms with Gasteiger partial charge < -0.3 is 5.73 Å². The van der Waals surface area contributed by atoms with Crippen LogP contribution >= 0.6 is 0 Å². The molecular formula is C11H19N3. The topological polar surface area (TPSA) is 51.8 Å². The summed E-state index contributed by atoms with van der Waals surface area (Å²) >= 11 is 0. The normalized spacial score (nSPS) is 11.4. The Labute approximate surface area is 85.8 Å². The van der Waals surface area contributed by atoms with Crippen molar-refractivity contribution < 1.29 is 0 Å². The second-order valence-electron chi connectivity index (χ2n) is 4.15. The van der Waals surface area contributed by atoms with Gasteiger partial charge >= 0.3 is 0 Å². The highest BCUT2D eigenvalue weighted by molar-refractivity contribution is 5.16. The molecule has 0 fully saturated rings. The molecule has 0 bridgehead atoms. The van der Waals surface area contributed by atoms with E-state index in [2.05, 4.69) is 43.7 Å². The second kappa shape index (κ2) is 4.51. The van der Waals surface area contributed by atoms with Crippen molar-refractivity contribution in [2.75, 3.05) is 0 Å². The van der Waals surface area contributed by atoms with Crippen LogP contribution in [0.4, 0.5) is 0 Å². The Hall–Kier alpha value is -0.960. The Morgan fingerprint density at radius 1 is 1.07 bits per heavy atom. The number of rotatable bonds is 3. The molecule has 1 aromatic rings. The first kappa shape index (κ1) is 11.1. The van der Waals surface area contributed by atoms with Crippen molar-refractivity contribution in [2.24, 2.45) is 5.73 Å². The molecule has 1 rings (SSSR count). The zero-order valence-electron chi connectivity index (χ0n) is 9.41. The monoisotopic (exact) mass is 193 g/mol. The summed E-state index contributed by atoms with van der Waals surface area (Å²) in [6.07, 6.45) is 0. The quantitative estimate of drug-likeness (QED) is 0.800. The Morgan fingerprint density at radius 2 is 1.50 bits per heavy atom. The summed E-state index contributed by atoms with van der Waals surface area (Å²) in [4.78, 5) is 8.80. The third-order valence-electron chi connectivity index (χ3n) is 2.18. The Kier molecular flexibility index (Phi) is 3.58. The van der Waals surface area contributed by atoms with Crippen LogP contribution in [0.15, 0.2) is 6.07 Å². The van der Waals surface area contributed by atoms with Gasteiger partial charge in [-0.1, -0.05) is 27.7 Å². The van der Waals surface area contributed by atoms with Gasteiger partial charge in [-0.3, -0.25) is 0 Å². The van der Waals surface area contributed by atoms with Gasteiger partial charge in [0.25, 0.3) is 0 Å². The smallest absolute Gasteiger partial charge is 0.142 e. The van der Waals surface area contributed by atoms with Crippen LogP contribution < -0.4 is 5.73 Å². The first-order valence-corrected chi connectivity index (χ1v) is 5.12. The maximum Gasteiger partial charge on any atom is 0.142 e. The summed E-state index contributed by atoms with van der Waals surface area (Å²) in [6.45, 7) is 8.94. The zero-order chi connectivity index (χ0) is 10.7. The molecule has 0 unspecified atom stereocenters. The Bertz CT molecular complexity index is 279. The van der Waals surface area contributed by atoms with Gasteiger partial charge in [-0.25, -0.2) is 9.97 Å². The SMILES string of the molecule is CC(C)c1cc(C(C)C)nc(CN)n1. The van der Waals surface area contributed by atoms with Crippen LogP contribution in [0.2, 0.25) is 0 Å². The van der Waals surface area contributed by atoms with Crippen LogP contribution in [0.5, 0.6) is 0 Å². The van der Waals surface area contributed by atoms with Crippen LogP contribution in [0.1, 0.15) is 56.7 Å². The van der Waals surface area contributed by atoms with Crippen molar-refractivity contribution in [1.29, 1.82) is 0 Å². The predicted octanol–water partition coefficient (Wildman–Crippen LogP) is 2.18. The highest BCUT2D eigenvalue weighted by Gasteiger charge is 2.08. The largest absolute Gasteiger partial charge is 0.324 e. The van der Waals surface area contributed by atoms with Crippen LogP contribution in [-0.2, 0) is 6.54 Å². The summed E-state index contributed by atoms with van der Waals surface area (Å²) in [5.41, 5.74) is 7.74. The number of hydrogen-bond donors (Lipinski definition) is 1. The van der Waals surface area contributed by atoms with Crippen LogP contribution in [0, 0.1) is 0 Å². The van der Waals surface area contributed by atoms with Crippen LogP contribution in [-0.4, -0.2) is 9.97 Å². The summed E-state index contributed by atoms with van der Waals surface area (Å²) in [5.74, 6) is 1.61. The van der Waals surface area contributed by atoms with E-state index in [1.54, 1.807) is 0 Å². The molecule has 78 valence electrons. The van der Waals surface area contributed by atoms with E-state index < -0.39 is 0 Å². The summed E-state index contributed by atoms with van der Waals surface area (Å²) < 4.78 is 0. The molecule has 0 saturated heterocycles. The van der Waals surface area contributed by atoms with E-state index in [-0.39, 0.29) is 0 Å². The van der Waals surface area contributed by atoms with Gasteiger partial charge in [0.15, 0.2) is 0 Å². The van der Waals surface area contributed by atoms with Gasteiger partial charge in [0.1, 0.15) is 5.82 Å². The Morgan fingerprint density at radius 3 is 1.79 bits per heavy atom. The fraction of sp³-hybridized carbons (Fsp3) is 0.636. The lowest BCUT2D eigenvalue weighted by Crippen LogP contribution is -2.09. The average Bonchev–Trinajstić information content (AvgIpc) is 2.16. The van der Waals surface area contributed by atoms with Gasteiger partial charge in [-0.15, -0.1) is 0 Å². The molecule has 0 aliphatic heterocycles. The minimum atomic E-state index is 0.417. The third-order valence-corrected chi connectivity index (χ3v) is 2.18. The highest BCUT2D eigenvalue weighted by Crippen LogP contribution is 2.17. The fourth-order valence-corrected chi connectivity index (χ4v) is 1.22. The molecule has 3 heteroatoms. The fourth-order valence-electron chi connectivity index (χ4n) is 1.22. The molecule has 2 N–H and O–H groups in total. The second-order valence-corrected chi connectivity index (χ2v) is 4.15. The highest BCUT2D eigenvalue weighted by atomic mass is 14.9. The van der Waals surface area contributed by atoms with E-state index in [1.165, 1.54) is 0 Å². The molecule has 0 aliphatic rings. The van der Waals surface area contributed by atoms with Crippen molar-refractivity contribution in [3.8, 4) is 0 Å². The van der Waals surface area contributed by atoms with Gasteiger partial charge in [-0.05, 0) is 17.9 Å². The van der Waals surface area contributed by atoms with E-state index in [4.69, 9.17) is 5.73 Å². The molecule has 0 spiro atoms. The zero-order valence-corrected chi connectivity index (χ0v) is 9.41. The van der Waals surface area contributed by atoms with Gasteiger partial charge in [-0.2, -0.15) is 0 Å². The van der Waals surface area contributed by atoms with Crippen molar-refractivity contribution in [1.82, 2.24) is 9.97 Å². The molecule has 0 radical (unpaired) electrons. The maximum absolute atomic E-state index is 5.56. The number of hydrogen-bond acceptors (Lipinski definition) is 3. The minimum Gasteiger partial charge on any atom is -0.324 e. The van der Waals surface area contributed by atoms with E-state index in [0.717, 1.165) is 17.2 Å². The first-order chi connectivity index (χ1) is 6.54. The molecule has 0 atom stereocenters. The molecule has 0 aromatic carbocycles. The van der Waals surface area contributed by atoms with E-state index in [0.29, 0.717) is 18.4 Å². The van der Waals surface area contributed by atoms with Crippen LogP contribution in [0.25, 0.3) is 0 Å². The molecule has 0 amide bonds. The van der Waals surface area contributed by atoms with Gasteiger partial charge in [0.2, 0.25) is 0 Å². The lowest BCUT2D eigenvalue weighted by Gasteiger charge is -2.11. The summed E-state index contributed by atoms with van der Waals surface area (Å²) in [7, 11) is 0. The standard InChI is InChI=1S/C11H19N3/c1-7(2)9-5-10(8(3)4)14-11(6-12)13-9/h5,7-8H,6,12H2,1-4H3. The lowest BCUT2D eigenvalue weighted by molar-refractivity contribution is 0.733. The van der Waals surface area contributed by atoms with Gasteiger partial charge in [0, 0.05) is 11.4 Å². The molecule has 1 aromatic heterocycles. The predicted molar refractivity (Wildman–Crippen MR) is 58.1 cm³/mol. The lowest BCUT2D eigenvalue weighted by atomic mass is 10.0. The first-order valence-electron chi connectivity index (χ1n) is 5.12. The van der Waals surface area contributed by atoms with Gasteiger partial charge in [0.05, 0.1) is 6.54 Å². The average molecular weight is 193 g/mol. The summed E-state index contributed by atoms with van der Waals surface area (Å²) in [6, 6.07) is 2.08. The van der Waals surface area contributed by atoms with Crippen molar-refractivity contribution in [3.05, 3.63) is 23.3 Å². The molecule has 14 heavy (non-hydrogen) atoms. The molecule has 0 aliphatic carbocycles. The molecular weight excluding hydrogens is 174 g/mol. The molecule has 3 nitrogen and oxygen atoms in total. The van der Waals surface area contributed by atoms with Crippen molar-refractivity contribution >= 4 is 0 Å². The third kappa shape index (κ3) is 2.51. The number of nitrogens with two attached hydrogens (primary N) is 1. The Balaban J connectivity index is 3.13. The van der Waals surface area contributed by atoms with E-state index in [9.17, 15) is 0 Å². The molecule has 1 heterocycles. The van der Waals surface area contributed by atoms with Crippen molar-refractivity contribution in [3.63, 3.8) is 0 Å². The number of aromatic nitrogens is 2.